The van der Waals surface area contributed by atoms with Crippen molar-refractivity contribution in [2.75, 3.05) is 0 Å². The van der Waals surface area contributed by atoms with Gasteiger partial charge < -0.3 is 0 Å². The molecule has 0 bridgehead atoms. The van der Waals surface area contributed by atoms with Crippen LogP contribution in [0.5, 0.6) is 0 Å². The van der Waals surface area contributed by atoms with Gasteiger partial charge in [-0.3, -0.25) is 5.84 Å². The molecule has 0 heterocycles. The summed E-state index contributed by atoms with van der Waals surface area (Å²) in [6, 6.07) is 12.4. The Kier molecular flexibility index (Phi) is 4.65. The summed E-state index contributed by atoms with van der Waals surface area (Å²) >= 11 is 0. The standard InChI is InChI=1S/C16H17F3N2/c1-2-11-5-3-6-12(9-11)15(21-20)13-7-4-8-14(10-13)16(17,18)19/h3-10,15,21H,2,20H2,1H3. The third kappa shape index (κ3) is 3.62. The number of hydrogen-bond donors (Lipinski definition) is 2. The number of rotatable bonds is 4. The molecule has 2 rings (SSSR count). The van der Waals surface area contributed by atoms with Crippen LogP contribution in [-0.4, -0.2) is 0 Å². The fourth-order valence-corrected chi connectivity index (χ4v) is 2.27. The van der Waals surface area contributed by atoms with E-state index in [1.165, 1.54) is 6.07 Å². The normalized spacial score (nSPS) is 13.2. The summed E-state index contributed by atoms with van der Waals surface area (Å²) in [5, 5.41) is 0. The molecule has 0 aliphatic rings. The first-order valence-electron chi connectivity index (χ1n) is 6.68. The van der Waals surface area contributed by atoms with Gasteiger partial charge in [-0.15, -0.1) is 0 Å². The molecule has 112 valence electrons. The summed E-state index contributed by atoms with van der Waals surface area (Å²) in [6.07, 6.45) is -3.51. The zero-order valence-corrected chi connectivity index (χ0v) is 11.6. The molecule has 5 heteroatoms. The summed E-state index contributed by atoms with van der Waals surface area (Å²) in [5.41, 5.74) is 4.36. The van der Waals surface area contributed by atoms with E-state index in [1.54, 1.807) is 6.07 Å². The minimum atomic E-state index is -4.36. The summed E-state index contributed by atoms with van der Waals surface area (Å²) in [4.78, 5) is 0. The van der Waals surface area contributed by atoms with Gasteiger partial charge in [0, 0.05) is 0 Å². The Balaban J connectivity index is 2.41. The highest BCUT2D eigenvalue weighted by atomic mass is 19.4. The lowest BCUT2D eigenvalue weighted by atomic mass is 9.96. The van der Waals surface area contributed by atoms with Gasteiger partial charge in [-0.1, -0.05) is 43.3 Å². The van der Waals surface area contributed by atoms with E-state index in [2.05, 4.69) is 5.43 Å². The van der Waals surface area contributed by atoms with Gasteiger partial charge >= 0.3 is 6.18 Å². The van der Waals surface area contributed by atoms with Crippen molar-refractivity contribution in [2.45, 2.75) is 25.6 Å². The molecular formula is C16H17F3N2. The lowest BCUT2D eigenvalue weighted by molar-refractivity contribution is -0.137. The summed E-state index contributed by atoms with van der Waals surface area (Å²) in [5.74, 6) is 5.56. The number of benzene rings is 2. The van der Waals surface area contributed by atoms with Crippen LogP contribution in [-0.2, 0) is 12.6 Å². The first kappa shape index (κ1) is 15.5. The maximum atomic E-state index is 12.8. The second-order valence-electron chi connectivity index (χ2n) is 4.82. The van der Waals surface area contributed by atoms with E-state index in [0.717, 1.165) is 29.7 Å². The third-order valence-electron chi connectivity index (χ3n) is 3.41. The monoisotopic (exact) mass is 294 g/mol. The number of nitrogens with two attached hydrogens (primary N) is 1. The van der Waals surface area contributed by atoms with Gasteiger partial charge in [-0.25, -0.2) is 5.43 Å². The fourth-order valence-electron chi connectivity index (χ4n) is 2.27. The molecule has 1 atom stereocenters. The van der Waals surface area contributed by atoms with Gasteiger partial charge in [-0.05, 0) is 35.2 Å². The Labute approximate surface area is 121 Å². The van der Waals surface area contributed by atoms with Gasteiger partial charge in [0.2, 0.25) is 0 Å². The quantitative estimate of drug-likeness (QED) is 0.664. The Hall–Kier alpha value is -1.85. The molecule has 0 aliphatic carbocycles. The van der Waals surface area contributed by atoms with Gasteiger partial charge in [0.1, 0.15) is 0 Å². The molecule has 21 heavy (non-hydrogen) atoms. The lowest BCUT2D eigenvalue weighted by Gasteiger charge is -2.19. The summed E-state index contributed by atoms with van der Waals surface area (Å²) in [6.45, 7) is 2.02. The Morgan fingerprint density at radius 2 is 1.67 bits per heavy atom. The van der Waals surface area contributed by atoms with E-state index < -0.39 is 17.8 Å². The van der Waals surface area contributed by atoms with Crippen LogP contribution in [0.15, 0.2) is 48.5 Å². The fraction of sp³-hybridized carbons (Fsp3) is 0.250. The molecule has 0 saturated heterocycles. The first-order chi connectivity index (χ1) is 9.95. The number of nitrogens with one attached hydrogen (secondary N) is 1. The van der Waals surface area contributed by atoms with Crippen molar-refractivity contribution in [3.63, 3.8) is 0 Å². The van der Waals surface area contributed by atoms with E-state index in [9.17, 15) is 13.2 Å². The maximum Gasteiger partial charge on any atom is 0.416 e. The van der Waals surface area contributed by atoms with Crippen LogP contribution in [0, 0.1) is 0 Å². The largest absolute Gasteiger partial charge is 0.416 e. The topological polar surface area (TPSA) is 38.0 Å². The minimum absolute atomic E-state index is 0.473. The predicted octanol–water partition coefficient (Wildman–Crippen LogP) is 3.82. The molecule has 0 spiro atoms. The molecule has 0 radical (unpaired) electrons. The molecule has 0 saturated carbocycles. The van der Waals surface area contributed by atoms with E-state index >= 15 is 0 Å². The number of hydrazine groups is 1. The van der Waals surface area contributed by atoms with Crippen molar-refractivity contribution in [3.8, 4) is 0 Å². The Bertz CT molecular complexity index is 608. The second-order valence-corrected chi connectivity index (χ2v) is 4.82. The molecule has 2 aromatic rings. The Morgan fingerprint density at radius 3 is 2.24 bits per heavy atom. The molecule has 1 unspecified atom stereocenters. The number of hydrogen-bond acceptors (Lipinski definition) is 2. The zero-order valence-electron chi connectivity index (χ0n) is 11.6. The average Bonchev–Trinajstić information content (AvgIpc) is 2.48. The Morgan fingerprint density at radius 1 is 1.05 bits per heavy atom. The maximum absolute atomic E-state index is 12.8. The highest BCUT2D eigenvalue weighted by Crippen LogP contribution is 2.32. The van der Waals surface area contributed by atoms with Crippen LogP contribution in [0.4, 0.5) is 13.2 Å². The van der Waals surface area contributed by atoms with Crippen LogP contribution >= 0.6 is 0 Å². The number of aryl methyl sites for hydroxylation is 1. The summed E-state index contributed by atoms with van der Waals surface area (Å²) in [7, 11) is 0. The molecule has 0 aromatic heterocycles. The molecule has 2 aromatic carbocycles. The van der Waals surface area contributed by atoms with E-state index in [0.29, 0.717) is 5.56 Å². The molecular weight excluding hydrogens is 277 g/mol. The molecule has 2 nitrogen and oxygen atoms in total. The van der Waals surface area contributed by atoms with Crippen molar-refractivity contribution in [1.82, 2.24) is 5.43 Å². The van der Waals surface area contributed by atoms with Crippen LogP contribution < -0.4 is 11.3 Å². The molecule has 0 aliphatic heterocycles. The van der Waals surface area contributed by atoms with Crippen molar-refractivity contribution < 1.29 is 13.2 Å². The molecule has 0 amide bonds. The van der Waals surface area contributed by atoms with Crippen LogP contribution in [0.2, 0.25) is 0 Å². The number of halogens is 3. The first-order valence-corrected chi connectivity index (χ1v) is 6.68. The highest BCUT2D eigenvalue weighted by molar-refractivity contribution is 5.36. The lowest BCUT2D eigenvalue weighted by Crippen LogP contribution is -2.29. The van der Waals surface area contributed by atoms with Crippen molar-refractivity contribution in [2.24, 2.45) is 5.84 Å². The number of alkyl halides is 3. The van der Waals surface area contributed by atoms with E-state index in [4.69, 9.17) is 5.84 Å². The summed E-state index contributed by atoms with van der Waals surface area (Å²) < 4.78 is 38.4. The van der Waals surface area contributed by atoms with Crippen LogP contribution in [0.3, 0.4) is 0 Å². The van der Waals surface area contributed by atoms with Gasteiger partial charge in [0.15, 0.2) is 0 Å². The van der Waals surface area contributed by atoms with E-state index in [-0.39, 0.29) is 0 Å². The predicted molar refractivity (Wildman–Crippen MR) is 76.4 cm³/mol. The highest BCUT2D eigenvalue weighted by Gasteiger charge is 2.31. The second kappa shape index (κ2) is 6.28. The SMILES string of the molecule is CCc1cccc(C(NN)c2cccc(C(F)(F)F)c2)c1. The molecule has 0 fully saturated rings. The van der Waals surface area contributed by atoms with Crippen molar-refractivity contribution in [3.05, 3.63) is 70.8 Å². The third-order valence-corrected chi connectivity index (χ3v) is 3.41. The molecule has 3 N–H and O–H groups in total. The van der Waals surface area contributed by atoms with Crippen LogP contribution in [0.25, 0.3) is 0 Å². The van der Waals surface area contributed by atoms with Crippen LogP contribution in [0.1, 0.15) is 35.2 Å². The van der Waals surface area contributed by atoms with Gasteiger partial charge in [0.05, 0.1) is 11.6 Å². The van der Waals surface area contributed by atoms with Gasteiger partial charge in [0.25, 0.3) is 0 Å². The van der Waals surface area contributed by atoms with E-state index in [1.807, 2.05) is 31.2 Å². The minimum Gasteiger partial charge on any atom is -0.271 e. The van der Waals surface area contributed by atoms with Gasteiger partial charge in [-0.2, -0.15) is 13.2 Å². The van der Waals surface area contributed by atoms with Crippen molar-refractivity contribution >= 4 is 0 Å². The zero-order chi connectivity index (χ0) is 15.5. The van der Waals surface area contributed by atoms with Crippen molar-refractivity contribution in [1.29, 1.82) is 0 Å². The average molecular weight is 294 g/mol. The smallest absolute Gasteiger partial charge is 0.271 e.